The molecule has 8 heteroatoms. The van der Waals surface area contributed by atoms with Gasteiger partial charge in [0.15, 0.2) is 11.8 Å². The number of thioether (sulfide) groups is 1. The van der Waals surface area contributed by atoms with Gasteiger partial charge in [-0.3, -0.25) is 0 Å². The Morgan fingerprint density at radius 2 is 1.88 bits per heavy atom. The Hall–Kier alpha value is -0.510. The molecule has 0 aliphatic heterocycles. The summed E-state index contributed by atoms with van der Waals surface area (Å²) in [5, 5.41) is 16.5. The van der Waals surface area contributed by atoms with Crippen LogP contribution in [0.4, 0.5) is 0 Å². The van der Waals surface area contributed by atoms with Crippen molar-refractivity contribution in [3.05, 3.63) is 11.6 Å². The van der Waals surface area contributed by atoms with Gasteiger partial charge in [0, 0.05) is 24.4 Å². The van der Waals surface area contributed by atoms with Crippen molar-refractivity contribution in [2.24, 2.45) is 12.0 Å². The molecule has 2 N–H and O–H groups in total. The summed E-state index contributed by atoms with van der Waals surface area (Å²) in [6.07, 6.45) is 8.96. The van der Waals surface area contributed by atoms with Gasteiger partial charge in [0.1, 0.15) is 12.4 Å². The van der Waals surface area contributed by atoms with Crippen LogP contribution in [0.15, 0.2) is 4.99 Å². The molecule has 2 aliphatic carbocycles. The molecule has 2 aliphatic rings. The Morgan fingerprint density at radius 1 is 1.15 bits per heavy atom. The molecule has 1 aromatic rings. The summed E-state index contributed by atoms with van der Waals surface area (Å²) in [6.45, 7) is 4.79. The van der Waals surface area contributed by atoms with Crippen LogP contribution in [0.5, 0.6) is 0 Å². The highest BCUT2D eigenvalue weighted by Gasteiger charge is 2.26. The average Bonchev–Trinajstić information content (AvgIpc) is 3.32. The molecule has 0 saturated heterocycles. The van der Waals surface area contributed by atoms with Crippen molar-refractivity contribution in [1.29, 1.82) is 0 Å². The van der Waals surface area contributed by atoms with Gasteiger partial charge in [0.05, 0.1) is 0 Å². The second kappa shape index (κ2) is 10.7. The zero-order chi connectivity index (χ0) is 17.6. The highest BCUT2D eigenvalue weighted by molar-refractivity contribution is 14.0. The number of hydrogen-bond acceptors (Lipinski definition) is 4. The number of nitrogens with one attached hydrogen (secondary N) is 2. The Morgan fingerprint density at radius 3 is 2.54 bits per heavy atom. The topological polar surface area (TPSA) is 67.1 Å². The highest BCUT2D eigenvalue weighted by atomic mass is 127. The minimum atomic E-state index is 0. The van der Waals surface area contributed by atoms with Gasteiger partial charge in [-0.25, -0.2) is 4.99 Å². The Balaban J connectivity index is 0.00000243. The van der Waals surface area contributed by atoms with Crippen LogP contribution in [0.3, 0.4) is 0 Å². The number of aromatic nitrogens is 3. The van der Waals surface area contributed by atoms with Crippen molar-refractivity contribution in [3.8, 4) is 0 Å². The zero-order valence-corrected chi connectivity index (χ0v) is 19.3. The smallest absolute Gasteiger partial charge is 0.192 e. The largest absolute Gasteiger partial charge is 0.354 e. The first-order valence-corrected chi connectivity index (χ1v) is 10.7. The number of halogens is 1. The van der Waals surface area contributed by atoms with Gasteiger partial charge in [0.25, 0.3) is 0 Å². The van der Waals surface area contributed by atoms with Crippen LogP contribution in [0.2, 0.25) is 0 Å². The van der Waals surface area contributed by atoms with E-state index in [0.29, 0.717) is 18.6 Å². The molecule has 2 unspecified atom stereocenters. The summed E-state index contributed by atoms with van der Waals surface area (Å²) in [7, 11) is 2.00. The van der Waals surface area contributed by atoms with Crippen LogP contribution >= 0.6 is 35.7 Å². The van der Waals surface area contributed by atoms with Crippen LogP contribution < -0.4 is 10.6 Å². The first kappa shape index (κ1) is 21.8. The molecule has 2 fully saturated rings. The molecule has 0 aromatic carbocycles. The number of guanidine groups is 1. The molecule has 1 heterocycles. The van der Waals surface area contributed by atoms with Gasteiger partial charge in [-0.2, -0.15) is 11.8 Å². The van der Waals surface area contributed by atoms with Gasteiger partial charge >= 0.3 is 0 Å². The van der Waals surface area contributed by atoms with Crippen LogP contribution in [-0.2, 0) is 13.6 Å². The van der Waals surface area contributed by atoms with Crippen LogP contribution in [0, 0.1) is 6.92 Å². The number of rotatable bonds is 6. The van der Waals surface area contributed by atoms with E-state index in [1.807, 2.05) is 18.5 Å². The standard InChI is InChI=1S/C18H32N6S.HI/c1-4-25-16-10-9-15(11-16)21-18(20-14-7-5-6-8-14)19-12-17-23-22-13(2)24(17)3;/h14-16H,4-12H2,1-3H3,(H2,19,20,21);1H. The number of hydrogen-bond donors (Lipinski definition) is 2. The first-order valence-electron chi connectivity index (χ1n) is 9.69. The molecule has 1 aromatic heterocycles. The van der Waals surface area contributed by atoms with E-state index in [1.165, 1.54) is 50.7 Å². The van der Waals surface area contributed by atoms with Crippen molar-refractivity contribution >= 4 is 41.7 Å². The summed E-state index contributed by atoms with van der Waals surface area (Å²) < 4.78 is 2.01. The lowest BCUT2D eigenvalue weighted by Gasteiger charge is -2.21. The van der Waals surface area contributed by atoms with Crippen molar-refractivity contribution in [3.63, 3.8) is 0 Å². The fourth-order valence-electron chi connectivity index (χ4n) is 3.79. The minimum absolute atomic E-state index is 0. The third-order valence-electron chi connectivity index (χ3n) is 5.39. The highest BCUT2D eigenvalue weighted by Crippen LogP contribution is 2.29. The normalized spacial score (nSPS) is 23.9. The van der Waals surface area contributed by atoms with Crippen molar-refractivity contribution < 1.29 is 0 Å². The molecular formula is C18H33IN6S. The molecule has 6 nitrogen and oxygen atoms in total. The summed E-state index contributed by atoms with van der Waals surface area (Å²) in [5.74, 6) is 4.01. The molecule has 0 spiro atoms. The van der Waals surface area contributed by atoms with Gasteiger partial charge < -0.3 is 15.2 Å². The summed E-state index contributed by atoms with van der Waals surface area (Å²) >= 11 is 2.10. The van der Waals surface area contributed by atoms with Crippen molar-refractivity contribution in [2.45, 2.75) is 82.7 Å². The van der Waals surface area contributed by atoms with Gasteiger partial charge in [-0.15, -0.1) is 34.2 Å². The van der Waals surface area contributed by atoms with Crippen LogP contribution in [0.25, 0.3) is 0 Å². The third-order valence-corrected chi connectivity index (χ3v) is 6.62. The summed E-state index contributed by atoms with van der Waals surface area (Å²) in [5.41, 5.74) is 0. The molecule has 0 amide bonds. The van der Waals surface area contributed by atoms with E-state index in [2.05, 4.69) is 39.5 Å². The third kappa shape index (κ3) is 6.00. The van der Waals surface area contributed by atoms with Gasteiger partial charge in [-0.1, -0.05) is 19.8 Å². The lowest BCUT2D eigenvalue weighted by Crippen LogP contribution is -2.46. The molecule has 3 rings (SSSR count). The molecule has 2 atom stereocenters. The summed E-state index contributed by atoms with van der Waals surface area (Å²) in [4.78, 5) is 4.83. The maximum Gasteiger partial charge on any atom is 0.192 e. The maximum absolute atomic E-state index is 4.83. The zero-order valence-electron chi connectivity index (χ0n) is 16.2. The minimum Gasteiger partial charge on any atom is -0.354 e. The van der Waals surface area contributed by atoms with Crippen LogP contribution in [-0.4, -0.2) is 43.8 Å². The van der Waals surface area contributed by atoms with E-state index in [1.54, 1.807) is 0 Å². The van der Waals surface area contributed by atoms with Crippen molar-refractivity contribution in [1.82, 2.24) is 25.4 Å². The quantitative estimate of drug-likeness (QED) is 0.362. The van der Waals surface area contributed by atoms with E-state index in [0.717, 1.165) is 22.9 Å². The predicted octanol–water partition coefficient (Wildman–Crippen LogP) is 3.39. The number of aryl methyl sites for hydroxylation is 1. The number of nitrogens with zero attached hydrogens (tertiary/aromatic N) is 4. The Bertz CT molecular complexity index is 584. The Kier molecular flexibility index (Phi) is 8.99. The first-order chi connectivity index (χ1) is 12.2. The SMILES string of the molecule is CCSC1CCC(NC(=NCc2nnc(C)n2C)NC2CCCC2)C1.I. The molecule has 0 bridgehead atoms. The molecule has 148 valence electrons. The molecule has 2 saturated carbocycles. The van der Waals surface area contributed by atoms with E-state index in [4.69, 9.17) is 4.99 Å². The van der Waals surface area contributed by atoms with Crippen molar-refractivity contribution in [2.75, 3.05) is 5.75 Å². The van der Waals surface area contributed by atoms with E-state index < -0.39 is 0 Å². The maximum atomic E-state index is 4.83. The fraction of sp³-hybridized carbons (Fsp3) is 0.833. The van der Waals surface area contributed by atoms with Gasteiger partial charge in [0.2, 0.25) is 0 Å². The summed E-state index contributed by atoms with van der Waals surface area (Å²) in [6, 6.07) is 1.10. The molecule has 0 radical (unpaired) electrons. The molecule has 26 heavy (non-hydrogen) atoms. The lowest BCUT2D eigenvalue weighted by molar-refractivity contribution is 0.571. The second-order valence-electron chi connectivity index (χ2n) is 7.24. The second-order valence-corrected chi connectivity index (χ2v) is 8.82. The van der Waals surface area contributed by atoms with E-state index in [9.17, 15) is 0 Å². The predicted molar refractivity (Wildman–Crippen MR) is 120 cm³/mol. The van der Waals surface area contributed by atoms with Crippen LogP contribution in [0.1, 0.15) is 63.5 Å². The number of aliphatic imine (C=N–C) groups is 1. The fourth-order valence-corrected chi connectivity index (χ4v) is 4.93. The lowest BCUT2D eigenvalue weighted by atomic mass is 10.2. The Labute approximate surface area is 178 Å². The van der Waals surface area contributed by atoms with Gasteiger partial charge in [-0.05, 0) is 44.8 Å². The monoisotopic (exact) mass is 492 g/mol. The van der Waals surface area contributed by atoms with E-state index >= 15 is 0 Å². The molecular weight excluding hydrogens is 459 g/mol. The average molecular weight is 492 g/mol. The van der Waals surface area contributed by atoms with E-state index in [-0.39, 0.29) is 24.0 Å².